The van der Waals surface area contributed by atoms with E-state index in [9.17, 15) is 14.9 Å². The molecule has 0 spiro atoms. The Hall–Kier alpha value is -2.90. The van der Waals surface area contributed by atoms with Gasteiger partial charge in [0.05, 0.1) is 26.0 Å². The van der Waals surface area contributed by atoms with Crippen LogP contribution in [0, 0.1) is 10.1 Å². The summed E-state index contributed by atoms with van der Waals surface area (Å²) in [6.07, 6.45) is 3.54. The van der Waals surface area contributed by atoms with Crippen molar-refractivity contribution in [2.75, 3.05) is 18.0 Å². The first-order valence-electron chi connectivity index (χ1n) is 9.98. The summed E-state index contributed by atoms with van der Waals surface area (Å²) in [6, 6.07) is 12.1. The van der Waals surface area contributed by atoms with Crippen molar-refractivity contribution >= 4 is 51.4 Å². The molecule has 2 atom stereocenters. The number of amides is 1. The fourth-order valence-corrected chi connectivity index (χ4v) is 5.03. The number of carbonyl (C=O) groups excluding carboxylic acids is 1. The van der Waals surface area contributed by atoms with Crippen molar-refractivity contribution in [1.29, 1.82) is 0 Å². The van der Waals surface area contributed by atoms with Crippen LogP contribution in [0.15, 0.2) is 48.7 Å². The maximum Gasteiger partial charge on any atom is 0.270 e. The summed E-state index contributed by atoms with van der Waals surface area (Å²) < 4.78 is 0. The fourth-order valence-electron chi connectivity index (χ4n) is 4.74. The van der Waals surface area contributed by atoms with Gasteiger partial charge in [0.2, 0.25) is 0 Å². The molecule has 2 saturated heterocycles. The van der Waals surface area contributed by atoms with Crippen LogP contribution in [-0.2, 0) is 0 Å². The number of nitrogens with zero attached hydrogens (tertiary/aromatic N) is 4. The van der Waals surface area contributed by atoms with Crippen LogP contribution in [0.5, 0.6) is 0 Å². The molecule has 9 heteroatoms. The van der Waals surface area contributed by atoms with E-state index in [0.717, 1.165) is 18.5 Å². The normalized spacial score (nSPS) is 20.3. The Balaban J connectivity index is 1.44. The molecule has 158 valence electrons. The lowest BCUT2D eigenvalue weighted by atomic mass is 10.1. The molecule has 3 aromatic rings. The quantitative estimate of drug-likeness (QED) is 0.411. The van der Waals surface area contributed by atoms with Gasteiger partial charge in [0.1, 0.15) is 0 Å². The van der Waals surface area contributed by atoms with Crippen molar-refractivity contribution in [3.63, 3.8) is 0 Å². The van der Waals surface area contributed by atoms with Gasteiger partial charge in [0.15, 0.2) is 0 Å². The number of aromatic nitrogens is 1. The van der Waals surface area contributed by atoms with Crippen LogP contribution >= 0.6 is 23.2 Å². The average Bonchev–Trinajstić information content (AvgIpc) is 3.03. The van der Waals surface area contributed by atoms with Crippen LogP contribution in [-0.4, -0.2) is 45.9 Å². The van der Waals surface area contributed by atoms with Crippen molar-refractivity contribution in [3.8, 4) is 0 Å². The number of hydrogen-bond donors (Lipinski definition) is 0. The Kier molecular flexibility index (Phi) is 4.95. The van der Waals surface area contributed by atoms with Gasteiger partial charge in [-0.15, -0.1) is 0 Å². The topological polar surface area (TPSA) is 79.6 Å². The third kappa shape index (κ3) is 3.47. The SMILES string of the molecule is O=C(c1ccnc2ccc([N+](=O)[O-])cc12)N1CC2CCC(C1)N2c1ccc(Cl)c(Cl)c1. The zero-order valence-corrected chi connectivity index (χ0v) is 17.9. The number of nitro benzene ring substituents is 1. The highest BCUT2D eigenvalue weighted by molar-refractivity contribution is 6.42. The Morgan fingerprint density at radius 1 is 1.03 bits per heavy atom. The molecule has 1 aromatic heterocycles. The highest BCUT2D eigenvalue weighted by atomic mass is 35.5. The van der Waals surface area contributed by atoms with E-state index in [1.54, 1.807) is 24.4 Å². The van der Waals surface area contributed by atoms with Crippen LogP contribution in [0.25, 0.3) is 10.9 Å². The first-order valence-corrected chi connectivity index (χ1v) is 10.7. The minimum atomic E-state index is -0.461. The number of non-ortho nitro benzene ring substituents is 1. The smallest absolute Gasteiger partial charge is 0.270 e. The second-order valence-electron chi connectivity index (χ2n) is 7.92. The van der Waals surface area contributed by atoms with Crippen molar-refractivity contribution < 1.29 is 9.72 Å². The lowest BCUT2D eigenvalue weighted by Crippen LogP contribution is -2.55. The van der Waals surface area contributed by atoms with E-state index in [4.69, 9.17) is 23.2 Å². The summed E-state index contributed by atoms with van der Waals surface area (Å²) in [6.45, 7) is 1.16. The van der Waals surface area contributed by atoms with Gasteiger partial charge >= 0.3 is 0 Å². The van der Waals surface area contributed by atoms with E-state index in [1.807, 2.05) is 17.0 Å². The van der Waals surface area contributed by atoms with Gasteiger partial charge in [-0.05, 0) is 43.2 Å². The number of piperazine rings is 1. The molecule has 5 rings (SSSR count). The molecule has 0 radical (unpaired) electrons. The number of nitro groups is 1. The molecule has 0 aliphatic carbocycles. The van der Waals surface area contributed by atoms with E-state index in [2.05, 4.69) is 9.88 Å². The molecule has 0 N–H and O–H groups in total. The molecule has 7 nitrogen and oxygen atoms in total. The summed E-state index contributed by atoms with van der Waals surface area (Å²) >= 11 is 12.3. The number of benzene rings is 2. The molecule has 2 aromatic carbocycles. The fraction of sp³-hybridized carbons (Fsp3) is 0.273. The molecular weight excluding hydrogens is 439 g/mol. The molecule has 2 aliphatic rings. The maximum absolute atomic E-state index is 13.4. The van der Waals surface area contributed by atoms with Gasteiger partial charge in [0, 0.05) is 54.6 Å². The third-order valence-corrected chi connectivity index (χ3v) is 6.88. The lowest BCUT2D eigenvalue weighted by Gasteiger charge is -2.42. The molecule has 2 unspecified atom stereocenters. The van der Waals surface area contributed by atoms with Crippen LogP contribution in [0.2, 0.25) is 10.0 Å². The van der Waals surface area contributed by atoms with Crippen molar-refractivity contribution in [3.05, 3.63) is 74.4 Å². The molecule has 0 saturated carbocycles. The van der Waals surface area contributed by atoms with Crippen LogP contribution in [0.1, 0.15) is 23.2 Å². The number of fused-ring (bicyclic) bond motifs is 3. The van der Waals surface area contributed by atoms with Gasteiger partial charge in [0.25, 0.3) is 11.6 Å². The van der Waals surface area contributed by atoms with Crippen molar-refractivity contribution in [1.82, 2.24) is 9.88 Å². The monoisotopic (exact) mass is 456 g/mol. The lowest BCUT2D eigenvalue weighted by molar-refractivity contribution is -0.384. The second-order valence-corrected chi connectivity index (χ2v) is 8.73. The summed E-state index contributed by atoms with van der Waals surface area (Å²) in [4.78, 5) is 32.6. The second kappa shape index (κ2) is 7.66. The molecular formula is C22H18Cl2N4O3. The zero-order chi connectivity index (χ0) is 21.7. The molecule has 2 aliphatic heterocycles. The number of pyridine rings is 1. The van der Waals surface area contributed by atoms with E-state index in [1.165, 1.54) is 12.1 Å². The van der Waals surface area contributed by atoms with E-state index in [0.29, 0.717) is 39.6 Å². The summed E-state index contributed by atoms with van der Waals surface area (Å²) in [7, 11) is 0. The first-order chi connectivity index (χ1) is 14.9. The number of carbonyl (C=O) groups is 1. The first kappa shape index (κ1) is 20.0. The van der Waals surface area contributed by atoms with Gasteiger partial charge < -0.3 is 9.80 Å². The predicted molar refractivity (Wildman–Crippen MR) is 120 cm³/mol. The summed E-state index contributed by atoms with van der Waals surface area (Å²) in [5.74, 6) is -0.126. The summed E-state index contributed by atoms with van der Waals surface area (Å²) in [5, 5.41) is 12.7. The predicted octanol–water partition coefficient (Wildman–Crippen LogP) is 4.94. The van der Waals surface area contributed by atoms with Gasteiger partial charge in [-0.2, -0.15) is 0 Å². The van der Waals surface area contributed by atoms with Gasteiger partial charge in [-0.25, -0.2) is 0 Å². The number of anilines is 1. The van der Waals surface area contributed by atoms with E-state index >= 15 is 0 Å². The Bertz CT molecular complexity index is 1200. The molecule has 2 bridgehead atoms. The molecule has 2 fully saturated rings. The molecule has 1 amide bonds. The summed E-state index contributed by atoms with van der Waals surface area (Å²) in [5.41, 5.74) is 1.96. The van der Waals surface area contributed by atoms with Crippen LogP contribution < -0.4 is 4.90 Å². The molecule has 3 heterocycles. The number of likely N-dealkylation sites (tertiary alicyclic amines) is 1. The minimum Gasteiger partial charge on any atom is -0.362 e. The maximum atomic E-state index is 13.4. The van der Waals surface area contributed by atoms with Crippen LogP contribution in [0.3, 0.4) is 0 Å². The number of hydrogen-bond acceptors (Lipinski definition) is 5. The molecule has 31 heavy (non-hydrogen) atoms. The standard InChI is InChI=1S/C22H18Cl2N4O3/c23-19-5-3-13(10-20(19)24)27-15-1-2-16(27)12-26(11-15)22(29)17-7-8-25-21-6-4-14(28(30)31)9-18(17)21/h3-10,15-16H,1-2,11-12H2. The largest absolute Gasteiger partial charge is 0.362 e. The number of halogens is 2. The Labute approximate surface area is 188 Å². The minimum absolute atomic E-state index is 0.0564. The average molecular weight is 457 g/mol. The Morgan fingerprint density at radius 2 is 1.77 bits per heavy atom. The van der Waals surface area contributed by atoms with Crippen molar-refractivity contribution in [2.24, 2.45) is 0 Å². The highest BCUT2D eigenvalue weighted by Crippen LogP contribution is 2.38. The number of rotatable bonds is 3. The third-order valence-electron chi connectivity index (χ3n) is 6.14. The van der Waals surface area contributed by atoms with Gasteiger partial charge in [-0.3, -0.25) is 19.9 Å². The Morgan fingerprint density at radius 3 is 2.45 bits per heavy atom. The zero-order valence-electron chi connectivity index (χ0n) is 16.4. The van der Waals surface area contributed by atoms with Crippen molar-refractivity contribution in [2.45, 2.75) is 24.9 Å². The van der Waals surface area contributed by atoms with E-state index < -0.39 is 4.92 Å². The highest BCUT2D eigenvalue weighted by Gasteiger charge is 2.42. The van der Waals surface area contributed by atoms with Gasteiger partial charge in [-0.1, -0.05) is 23.2 Å². The van der Waals surface area contributed by atoms with E-state index in [-0.39, 0.29) is 23.7 Å². The van der Waals surface area contributed by atoms with Crippen LogP contribution in [0.4, 0.5) is 11.4 Å².